The fourth-order valence-electron chi connectivity index (χ4n) is 4.02. The molecule has 6 heteroatoms. The average Bonchev–Trinajstić information content (AvgIpc) is 3.01. The molecule has 2 aliphatic heterocycles. The molecule has 0 aromatic heterocycles. The summed E-state index contributed by atoms with van der Waals surface area (Å²) in [4.78, 5) is 14.5. The second kappa shape index (κ2) is 10.0. The molecule has 0 bridgehead atoms. The minimum atomic E-state index is -0.412. The smallest absolute Gasteiger partial charge is 0.223 e. The van der Waals surface area contributed by atoms with Gasteiger partial charge in [0.25, 0.3) is 0 Å². The van der Waals surface area contributed by atoms with Gasteiger partial charge in [-0.1, -0.05) is 27.7 Å². The van der Waals surface area contributed by atoms with E-state index in [1.54, 1.807) is 0 Å². The van der Waals surface area contributed by atoms with Crippen molar-refractivity contribution in [2.75, 3.05) is 32.8 Å². The van der Waals surface area contributed by atoms with Crippen molar-refractivity contribution in [3.05, 3.63) is 0 Å². The van der Waals surface area contributed by atoms with Gasteiger partial charge in [-0.15, -0.1) is 0 Å². The van der Waals surface area contributed by atoms with E-state index in [1.807, 2.05) is 4.90 Å². The number of likely N-dealkylation sites (tertiary alicyclic amines) is 1. The molecule has 2 atom stereocenters. The SMILES string of the molecule is CC(C)CC(N)CC(NCCC(=O)N1CCC2(CC1)OCCO2)C(C)C. The molecule has 2 heterocycles. The second-order valence-corrected chi connectivity index (χ2v) is 8.67. The predicted octanol–water partition coefficient (Wildman–Crippen LogP) is 2.12. The van der Waals surface area contributed by atoms with Crippen molar-refractivity contribution in [2.45, 2.75) is 77.7 Å². The molecule has 0 radical (unpaired) electrons. The number of nitrogens with one attached hydrogen (secondary N) is 1. The Hall–Kier alpha value is -0.690. The fraction of sp³-hybridized carbons (Fsp3) is 0.950. The first-order valence-electron chi connectivity index (χ1n) is 10.4. The van der Waals surface area contributed by atoms with E-state index in [1.165, 1.54) is 0 Å². The van der Waals surface area contributed by atoms with Crippen LogP contribution in [0.4, 0.5) is 0 Å². The van der Waals surface area contributed by atoms with E-state index < -0.39 is 5.79 Å². The highest BCUT2D eigenvalue weighted by molar-refractivity contribution is 5.76. The molecule has 2 rings (SSSR count). The van der Waals surface area contributed by atoms with Gasteiger partial charge >= 0.3 is 0 Å². The molecule has 26 heavy (non-hydrogen) atoms. The third-order valence-corrected chi connectivity index (χ3v) is 5.57. The van der Waals surface area contributed by atoms with E-state index >= 15 is 0 Å². The largest absolute Gasteiger partial charge is 0.347 e. The number of ether oxygens (including phenoxy) is 2. The fourth-order valence-corrected chi connectivity index (χ4v) is 4.02. The molecular weight excluding hydrogens is 330 g/mol. The van der Waals surface area contributed by atoms with Gasteiger partial charge in [-0.05, 0) is 24.7 Å². The summed E-state index contributed by atoms with van der Waals surface area (Å²) in [5, 5.41) is 3.57. The van der Waals surface area contributed by atoms with Crippen molar-refractivity contribution >= 4 is 5.91 Å². The zero-order valence-electron chi connectivity index (χ0n) is 17.1. The summed E-state index contributed by atoms with van der Waals surface area (Å²) in [6, 6.07) is 0.580. The Balaban J connectivity index is 1.69. The maximum absolute atomic E-state index is 12.5. The first-order chi connectivity index (χ1) is 12.3. The third kappa shape index (κ3) is 6.48. The molecule has 3 N–H and O–H groups in total. The molecule has 0 saturated carbocycles. The maximum atomic E-state index is 12.5. The minimum Gasteiger partial charge on any atom is -0.347 e. The Kier molecular flexibility index (Phi) is 8.33. The van der Waals surface area contributed by atoms with Gasteiger partial charge in [-0.2, -0.15) is 0 Å². The highest BCUT2D eigenvalue weighted by atomic mass is 16.7. The lowest BCUT2D eigenvalue weighted by Gasteiger charge is -2.37. The molecule has 2 fully saturated rings. The summed E-state index contributed by atoms with van der Waals surface area (Å²) in [7, 11) is 0. The zero-order valence-corrected chi connectivity index (χ0v) is 17.1. The van der Waals surface area contributed by atoms with Crippen LogP contribution in [0.25, 0.3) is 0 Å². The van der Waals surface area contributed by atoms with Crippen LogP contribution in [0.5, 0.6) is 0 Å². The van der Waals surface area contributed by atoms with Crippen LogP contribution in [0.1, 0.15) is 59.8 Å². The van der Waals surface area contributed by atoms with E-state index in [2.05, 4.69) is 33.0 Å². The van der Waals surface area contributed by atoms with Gasteiger partial charge in [0.05, 0.1) is 13.2 Å². The summed E-state index contributed by atoms with van der Waals surface area (Å²) >= 11 is 0. The number of carbonyl (C=O) groups excluding carboxylic acids is 1. The molecule has 0 aromatic carbocycles. The molecule has 0 aromatic rings. The van der Waals surface area contributed by atoms with Crippen LogP contribution >= 0.6 is 0 Å². The lowest BCUT2D eigenvalue weighted by atomic mass is 9.92. The summed E-state index contributed by atoms with van der Waals surface area (Å²) in [6.07, 6.45) is 4.11. The molecule has 1 amide bonds. The Morgan fingerprint density at radius 1 is 1.12 bits per heavy atom. The van der Waals surface area contributed by atoms with E-state index in [9.17, 15) is 4.79 Å². The van der Waals surface area contributed by atoms with E-state index in [-0.39, 0.29) is 11.9 Å². The van der Waals surface area contributed by atoms with Gasteiger partial charge in [0.2, 0.25) is 5.91 Å². The molecule has 1 spiro atoms. The lowest BCUT2D eigenvalue weighted by molar-refractivity contribution is -0.187. The Labute approximate surface area is 159 Å². The standard InChI is InChI=1S/C20H39N3O3/c1-15(2)13-17(21)14-18(16(3)4)22-8-5-19(24)23-9-6-20(7-10-23)25-11-12-26-20/h15-18,22H,5-14,21H2,1-4H3. The highest BCUT2D eigenvalue weighted by Crippen LogP contribution is 2.31. The average molecular weight is 370 g/mol. The van der Waals surface area contributed by atoms with Crippen molar-refractivity contribution in [2.24, 2.45) is 17.6 Å². The van der Waals surface area contributed by atoms with Crippen molar-refractivity contribution in [1.29, 1.82) is 0 Å². The number of hydrogen-bond acceptors (Lipinski definition) is 5. The molecule has 6 nitrogen and oxygen atoms in total. The van der Waals surface area contributed by atoms with Crippen LogP contribution in [0.3, 0.4) is 0 Å². The van der Waals surface area contributed by atoms with Crippen molar-refractivity contribution < 1.29 is 14.3 Å². The van der Waals surface area contributed by atoms with Gasteiger partial charge < -0.3 is 25.4 Å². The Morgan fingerprint density at radius 3 is 2.27 bits per heavy atom. The monoisotopic (exact) mass is 369 g/mol. The zero-order chi connectivity index (χ0) is 19.2. The van der Waals surface area contributed by atoms with Crippen molar-refractivity contribution in [1.82, 2.24) is 10.2 Å². The van der Waals surface area contributed by atoms with Gasteiger partial charge in [0.1, 0.15) is 0 Å². The number of rotatable bonds is 9. The van der Waals surface area contributed by atoms with Crippen molar-refractivity contribution in [3.8, 4) is 0 Å². The lowest BCUT2D eigenvalue weighted by Crippen LogP contribution is -2.48. The van der Waals surface area contributed by atoms with Crippen LogP contribution in [0, 0.1) is 11.8 Å². The topological polar surface area (TPSA) is 76.8 Å². The van der Waals surface area contributed by atoms with Gasteiger partial charge in [0, 0.05) is 51.0 Å². The maximum Gasteiger partial charge on any atom is 0.223 e. The normalized spacial score (nSPS) is 22.3. The van der Waals surface area contributed by atoms with Gasteiger partial charge in [0.15, 0.2) is 5.79 Å². The molecule has 2 aliphatic rings. The van der Waals surface area contributed by atoms with E-state index in [0.29, 0.717) is 44.1 Å². The first-order valence-corrected chi connectivity index (χ1v) is 10.4. The molecule has 0 aliphatic carbocycles. The summed E-state index contributed by atoms with van der Waals surface area (Å²) in [5.74, 6) is 0.938. The number of nitrogens with two attached hydrogens (primary N) is 1. The first kappa shape index (κ1) is 21.6. The minimum absolute atomic E-state index is 0.218. The molecular formula is C20H39N3O3. The summed E-state index contributed by atoms with van der Waals surface area (Å²) < 4.78 is 11.5. The number of piperidine rings is 1. The molecule has 152 valence electrons. The van der Waals surface area contributed by atoms with Crippen molar-refractivity contribution in [3.63, 3.8) is 0 Å². The summed E-state index contributed by atoms with van der Waals surface area (Å²) in [6.45, 7) is 12.4. The van der Waals surface area contributed by atoms with Crippen LogP contribution in [-0.2, 0) is 14.3 Å². The number of carbonyl (C=O) groups is 1. The summed E-state index contributed by atoms with van der Waals surface area (Å²) in [5.41, 5.74) is 6.28. The molecule has 2 saturated heterocycles. The van der Waals surface area contributed by atoms with Crippen LogP contribution < -0.4 is 11.1 Å². The van der Waals surface area contributed by atoms with E-state index in [4.69, 9.17) is 15.2 Å². The van der Waals surface area contributed by atoms with Gasteiger partial charge in [-0.3, -0.25) is 4.79 Å². The van der Waals surface area contributed by atoms with Crippen LogP contribution in [-0.4, -0.2) is 61.5 Å². The van der Waals surface area contributed by atoms with Crippen LogP contribution in [0.15, 0.2) is 0 Å². The Morgan fingerprint density at radius 2 is 1.73 bits per heavy atom. The predicted molar refractivity (Wildman–Crippen MR) is 104 cm³/mol. The quantitative estimate of drug-likeness (QED) is 0.651. The second-order valence-electron chi connectivity index (χ2n) is 8.67. The van der Waals surface area contributed by atoms with Crippen LogP contribution in [0.2, 0.25) is 0 Å². The van der Waals surface area contributed by atoms with E-state index in [0.717, 1.165) is 38.8 Å². The number of amides is 1. The Bertz CT molecular complexity index is 426. The highest BCUT2D eigenvalue weighted by Gasteiger charge is 2.40. The van der Waals surface area contributed by atoms with Gasteiger partial charge in [-0.25, -0.2) is 0 Å². The third-order valence-electron chi connectivity index (χ3n) is 5.57. The number of nitrogens with zero attached hydrogens (tertiary/aromatic N) is 1. The number of hydrogen-bond donors (Lipinski definition) is 2. The molecule has 2 unspecified atom stereocenters.